The monoisotopic (exact) mass is 125 g/mol. The number of nitrogens with zero attached hydrogens (tertiary/aromatic N) is 1. The minimum Gasteiger partial charge on any atom is -0.288 e. The summed E-state index contributed by atoms with van der Waals surface area (Å²) in [5.74, 6) is -0.0985. The molecule has 0 aromatic heterocycles. The van der Waals surface area contributed by atoms with Crippen LogP contribution in [0.5, 0.6) is 0 Å². The van der Waals surface area contributed by atoms with Gasteiger partial charge in [0.25, 0.3) is 0 Å². The lowest BCUT2D eigenvalue weighted by molar-refractivity contribution is -0.108. The lowest BCUT2D eigenvalue weighted by Gasteiger charge is -1.90. The van der Waals surface area contributed by atoms with Gasteiger partial charge < -0.3 is 0 Å². The van der Waals surface area contributed by atoms with Crippen molar-refractivity contribution in [1.82, 2.24) is 0 Å². The molecule has 0 radical (unpaired) electrons. The summed E-state index contributed by atoms with van der Waals surface area (Å²) in [5.41, 5.74) is 0. The predicted molar refractivity (Wildman–Crippen MR) is 35.2 cm³/mol. The van der Waals surface area contributed by atoms with Gasteiger partial charge >= 0.3 is 0 Å². The van der Waals surface area contributed by atoms with Crippen LogP contribution in [0.4, 0.5) is 0 Å². The molecule has 0 aromatic rings. The van der Waals surface area contributed by atoms with Gasteiger partial charge in [0, 0.05) is 0 Å². The third-order valence-corrected chi connectivity index (χ3v) is 0.951. The van der Waals surface area contributed by atoms with E-state index >= 15 is 0 Å². The van der Waals surface area contributed by atoms with E-state index in [9.17, 15) is 4.79 Å². The molecule has 1 aliphatic heterocycles. The maximum atomic E-state index is 10.3. The van der Waals surface area contributed by atoms with Crippen molar-refractivity contribution in [3.8, 4) is 0 Å². The lowest BCUT2D eigenvalue weighted by Crippen LogP contribution is -2.01. The van der Waals surface area contributed by atoms with Gasteiger partial charge in [-0.05, 0) is 12.2 Å². The highest BCUT2D eigenvalue weighted by Crippen LogP contribution is 1.89. The molecular weight excluding hydrogens is 122 g/mol. The van der Waals surface area contributed by atoms with E-state index in [1.165, 1.54) is 18.4 Å². The molecule has 2 nitrogen and oxygen atoms in total. The Balaban J connectivity index is 2.83. The first-order valence-corrected chi connectivity index (χ1v) is 2.50. The molecule has 0 unspecified atom stereocenters. The van der Waals surface area contributed by atoms with Crippen molar-refractivity contribution in [3.63, 3.8) is 0 Å². The standard InChI is InChI=1S/C5H3NOS/c7-4-1-2-5(8)6-3-4/h1-3H. The number of carbonyl (C=O) groups excluding carboxylic acids is 1. The van der Waals surface area contributed by atoms with Crippen LogP contribution in [0.1, 0.15) is 0 Å². The van der Waals surface area contributed by atoms with Gasteiger partial charge in [0.2, 0.25) is 0 Å². The summed E-state index contributed by atoms with van der Waals surface area (Å²) in [5, 5.41) is 0. The molecule has 8 heavy (non-hydrogen) atoms. The number of ketones is 1. The van der Waals surface area contributed by atoms with Crippen LogP contribution in [0.2, 0.25) is 0 Å². The summed E-state index contributed by atoms with van der Waals surface area (Å²) < 4.78 is 0. The van der Waals surface area contributed by atoms with Crippen molar-refractivity contribution in [3.05, 3.63) is 12.2 Å². The molecule has 0 saturated heterocycles. The SMILES string of the molecule is O=C1C=CC(=S)N=C1. The number of rotatable bonds is 0. The molecule has 3 heteroatoms. The Morgan fingerprint density at radius 1 is 1.50 bits per heavy atom. The van der Waals surface area contributed by atoms with Crippen LogP contribution in [0, 0.1) is 0 Å². The van der Waals surface area contributed by atoms with Gasteiger partial charge in [-0.3, -0.25) is 4.79 Å². The van der Waals surface area contributed by atoms with Crippen LogP contribution in [0.15, 0.2) is 17.1 Å². The molecule has 0 atom stereocenters. The highest BCUT2D eigenvalue weighted by molar-refractivity contribution is 7.80. The van der Waals surface area contributed by atoms with Gasteiger partial charge in [-0.15, -0.1) is 0 Å². The highest BCUT2D eigenvalue weighted by Gasteiger charge is 1.96. The minimum absolute atomic E-state index is 0.0985. The fourth-order valence-corrected chi connectivity index (χ4v) is 0.487. The molecule has 0 aromatic carbocycles. The molecule has 0 saturated carbocycles. The van der Waals surface area contributed by atoms with Gasteiger partial charge in [0.15, 0.2) is 5.78 Å². The zero-order valence-corrected chi connectivity index (χ0v) is 4.81. The van der Waals surface area contributed by atoms with Crippen molar-refractivity contribution < 1.29 is 4.79 Å². The molecule has 0 bridgehead atoms. The third kappa shape index (κ3) is 1.07. The molecule has 1 heterocycles. The van der Waals surface area contributed by atoms with E-state index < -0.39 is 0 Å². The number of hydrogen-bond acceptors (Lipinski definition) is 2. The summed E-state index contributed by atoms with van der Waals surface area (Å²) in [4.78, 5) is 14.4. The van der Waals surface area contributed by atoms with Gasteiger partial charge in [-0.25, -0.2) is 4.99 Å². The maximum Gasteiger partial charge on any atom is 0.196 e. The van der Waals surface area contributed by atoms with Gasteiger partial charge in [-0.2, -0.15) is 0 Å². The Morgan fingerprint density at radius 2 is 2.25 bits per heavy atom. The van der Waals surface area contributed by atoms with E-state index in [0.717, 1.165) is 0 Å². The smallest absolute Gasteiger partial charge is 0.196 e. The third-order valence-electron chi connectivity index (χ3n) is 0.709. The van der Waals surface area contributed by atoms with E-state index in [1.807, 2.05) is 0 Å². The minimum atomic E-state index is -0.0985. The molecule has 0 N–H and O–H groups in total. The largest absolute Gasteiger partial charge is 0.288 e. The summed E-state index contributed by atoms with van der Waals surface area (Å²) in [6, 6.07) is 0. The van der Waals surface area contributed by atoms with Gasteiger partial charge in [0.05, 0.1) is 6.21 Å². The van der Waals surface area contributed by atoms with Gasteiger partial charge in [0.1, 0.15) is 4.99 Å². The van der Waals surface area contributed by atoms with E-state index in [2.05, 4.69) is 17.2 Å². The molecule has 0 amide bonds. The first kappa shape index (κ1) is 5.31. The number of thiocarbonyl (C=S) groups is 1. The Hall–Kier alpha value is -0.830. The number of hydrogen-bond donors (Lipinski definition) is 0. The van der Waals surface area contributed by atoms with Crippen molar-refractivity contribution in [2.24, 2.45) is 4.99 Å². The van der Waals surface area contributed by atoms with Crippen LogP contribution in [0.25, 0.3) is 0 Å². The molecule has 1 rings (SSSR count). The Kier molecular flexibility index (Phi) is 1.30. The Bertz CT molecular complexity index is 155. The fourth-order valence-electron chi connectivity index (χ4n) is 0.367. The zero-order valence-electron chi connectivity index (χ0n) is 4.00. The summed E-state index contributed by atoms with van der Waals surface area (Å²) >= 11 is 4.62. The topological polar surface area (TPSA) is 29.4 Å². The average Bonchev–Trinajstić information content (AvgIpc) is 1.77. The van der Waals surface area contributed by atoms with Crippen LogP contribution < -0.4 is 0 Å². The second kappa shape index (κ2) is 1.96. The second-order valence-corrected chi connectivity index (χ2v) is 1.75. The number of carbonyl (C=O) groups is 1. The fraction of sp³-hybridized carbons (Fsp3) is 0. The van der Waals surface area contributed by atoms with Gasteiger partial charge in [-0.1, -0.05) is 12.2 Å². The first-order valence-electron chi connectivity index (χ1n) is 2.09. The van der Waals surface area contributed by atoms with Crippen LogP contribution in [-0.2, 0) is 4.79 Å². The first-order chi connectivity index (χ1) is 3.79. The lowest BCUT2D eigenvalue weighted by atomic mass is 10.3. The van der Waals surface area contributed by atoms with Crippen LogP contribution in [0.3, 0.4) is 0 Å². The molecule has 0 aliphatic carbocycles. The van der Waals surface area contributed by atoms with E-state index in [-0.39, 0.29) is 5.78 Å². The van der Waals surface area contributed by atoms with Crippen molar-refractivity contribution >= 4 is 29.2 Å². The van der Waals surface area contributed by atoms with Crippen molar-refractivity contribution in [1.29, 1.82) is 0 Å². The molecule has 0 spiro atoms. The normalized spacial score (nSPS) is 17.5. The van der Waals surface area contributed by atoms with Crippen LogP contribution >= 0.6 is 12.2 Å². The Morgan fingerprint density at radius 3 is 2.62 bits per heavy atom. The molecular formula is C5H3NOS. The number of aliphatic imine (C=N–C) groups is 1. The molecule has 40 valence electrons. The van der Waals surface area contributed by atoms with Crippen molar-refractivity contribution in [2.45, 2.75) is 0 Å². The highest BCUT2D eigenvalue weighted by atomic mass is 32.1. The van der Waals surface area contributed by atoms with E-state index in [0.29, 0.717) is 4.99 Å². The van der Waals surface area contributed by atoms with Crippen molar-refractivity contribution in [2.75, 3.05) is 0 Å². The van der Waals surface area contributed by atoms with E-state index in [1.54, 1.807) is 0 Å². The zero-order chi connectivity index (χ0) is 5.98. The van der Waals surface area contributed by atoms with Crippen LogP contribution in [-0.4, -0.2) is 17.0 Å². The second-order valence-electron chi connectivity index (χ2n) is 1.33. The summed E-state index contributed by atoms with van der Waals surface area (Å²) in [6.45, 7) is 0. The Labute approximate surface area is 51.9 Å². The predicted octanol–water partition coefficient (Wildman–Crippen LogP) is 0.523. The number of allylic oxidation sites excluding steroid dienone is 1. The quantitative estimate of drug-likeness (QED) is 0.442. The maximum absolute atomic E-state index is 10.3. The summed E-state index contributed by atoms with van der Waals surface area (Å²) in [6.07, 6.45) is 4.12. The summed E-state index contributed by atoms with van der Waals surface area (Å²) in [7, 11) is 0. The average molecular weight is 125 g/mol. The molecule has 1 aliphatic rings. The number of dihydropyridines is 1. The van der Waals surface area contributed by atoms with E-state index in [4.69, 9.17) is 0 Å². The molecule has 0 fully saturated rings.